The molecule has 0 heterocycles. The molecule has 0 bridgehead atoms. The largest absolute Gasteiger partial charge is 0.493 e. The molecule has 0 unspecified atom stereocenters. The van der Waals surface area contributed by atoms with Gasteiger partial charge >= 0.3 is 0 Å². The van der Waals surface area contributed by atoms with E-state index in [9.17, 15) is 0 Å². The number of rotatable bonds is 3. The van der Waals surface area contributed by atoms with Gasteiger partial charge < -0.3 is 15.2 Å². The predicted octanol–water partition coefficient (Wildman–Crippen LogP) is 3.11. The predicted molar refractivity (Wildman–Crippen MR) is 84.1 cm³/mol. The SMILES string of the molecule is COc1cc2c(cc1OC)[C@@H](c1ccccc1)[C@H](N)CC2. The Morgan fingerprint density at radius 2 is 1.67 bits per heavy atom. The molecule has 1 aliphatic rings. The highest BCUT2D eigenvalue weighted by Gasteiger charge is 2.29. The quantitative estimate of drug-likeness (QED) is 0.941. The van der Waals surface area contributed by atoms with Crippen molar-refractivity contribution in [2.24, 2.45) is 5.73 Å². The summed E-state index contributed by atoms with van der Waals surface area (Å²) in [5.41, 5.74) is 10.2. The Hall–Kier alpha value is -2.00. The number of hydrogen-bond acceptors (Lipinski definition) is 3. The lowest BCUT2D eigenvalue weighted by Gasteiger charge is -2.32. The van der Waals surface area contributed by atoms with Gasteiger partial charge in [0.25, 0.3) is 0 Å². The number of nitrogens with two attached hydrogens (primary N) is 1. The van der Waals surface area contributed by atoms with E-state index in [4.69, 9.17) is 15.2 Å². The maximum absolute atomic E-state index is 6.42. The molecule has 0 saturated carbocycles. The molecule has 0 aromatic heterocycles. The van der Waals surface area contributed by atoms with Gasteiger partial charge in [-0.2, -0.15) is 0 Å². The number of fused-ring (bicyclic) bond motifs is 1. The van der Waals surface area contributed by atoms with Crippen LogP contribution < -0.4 is 15.2 Å². The molecule has 0 amide bonds. The van der Waals surface area contributed by atoms with Crippen molar-refractivity contribution < 1.29 is 9.47 Å². The highest BCUT2D eigenvalue weighted by atomic mass is 16.5. The highest BCUT2D eigenvalue weighted by molar-refractivity contribution is 5.52. The first kappa shape index (κ1) is 14.0. The number of aryl methyl sites for hydroxylation is 1. The Morgan fingerprint density at radius 1 is 1.00 bits per heavy atom. The van der Waals surface area contributed by atoms with E-state index < -0.39 is 0 Å². The second kappa shape index (κ2) is 5.78. The van der Waals surface area contributed by atoms with Crippen LogP contribution in [-0.2, 0) is 6.42 Å². The maximum Gasteiger partial charge on any atom is 0.161 e. The van der Waals surface area contributed by atoms with Crippen LogP contribution in [0, 0.1) is 0 Å². The molecule has 0 spiro atoms. The first-order chi connectivity index (χ1) is 10.2. The van der Waals surface area contributed by atoms with Gasteiger partial charge in [-0.3, -0.25) is 0 Å². The summed E-state index contributed by atoms with van der Waals surface area (Å²) >= 11 is 0. The lowest BCUT2D eigenvalue weighted by Crippen LogP contribution is -2.33. The lowest BCUT2D eigenvalue weighted by molar-refractivity contribution is 0.352. The Labute approximate surface area is 125 Å². The van der Waals surface area contributed by atoms with E-state index in [1.807, 2.05) is 6.07 Å². The molecule has 2 aromatic rings. The van der Waals surface area contributed by atoms with Crippen LogP contribution in [0.5, 0.6) is 11.5 Å². The second-order valence-corrected chi connectivity index (χ2v) is 5.50. The van der Waals surface area contributed by atoms with Gasteiger partial charge in [0.1, 0.15) is 0 Å². The minimum absolute atomic E-state index is 0.137. The molecule has 0 radical (unpaired) electrons. The zero-order chi connectivity index (χ0) is 14.8. The van der Waals surface area contributed by atoms with Gasteiger partial charge in [0, 0.05) is 12.0 Å². The van der Waals surface area contributed by atoms with Crippen LogP contribution in [0.15, 0.2) is 42.5 Å². The summed E-state index contributed by atoms with van der Waals surface area (Å²) in [7, 11) is 3.35. The van der Waals surface area contributed by atoms with Gasteiger partial charge in [-0.1, -0.05) is 30.3 Å². The molecule has 0 aliphatic heterocycles. The summed E-state index contributed by atoms with van der Waals surface area (Å²) in [6.45, 7) is 0. The van der Waals surface area contributed by atoms with Gasteiger partial charge in [-0.05, 0) is 41.7 Å². The smallest absolute Gasteiger partial charge is 0.161 e. The first-order valence-corrected chi connectivity index (χ1v) is 7.30. The maximum atomic E-state index is 6.42. The molecule has 0 fully saturated rings. The second-order valence-electron chi connectivity index (χ2n) is 5.50. The average molecular weight is 283 g/mol. The van der Waals surface area contributed by atoms with Crippen molar-refractivity contribution in [3.63, 3.8) is 0 Å². The molecule has 110 valence electrons. The van der Waals surface area contributed by atoms with Crippen LogP contribution >= 0.6 is 0 Å². The van der Waals surface area contributed by atoms with E-state index in [2.05, 4.69) is 36.4 Å². The molecular formula is C18H21NO2. The van der Waals surface area contributed by atoms with Crippen molar-refractivity contribution in [1.29, 1.82) is 0 Å². The van der Waals surface area contributed by atoms with Crippen molar-refractivity contribution >= 4 is 0 Å². The fraction of sp³-hybridized carbons (Fsp3) is 0.333. The van der Waals surface area contributed by atoms with Crippen LogP contribution in [0.25, 0.3) is 0 Å². The highest BCUT2D eigenvalue weighted by Crippen LogP contribution is 2.41. The molecular weight excluding hydrogens is 262 g/mol. The van der Waals surface area contributed by atoms with Gasteiger partial charge in [0.05, 0.1) is 14.2 Å². The van der Waals surface area contributed by atoms with Gasteiger partial charge in [-0.25, -0.2) is 0 Å². The van der Waals surface area contributed by atoms with Crippen LogP contribution in [0.1, 0.15) is 29.0 Å². The van der Waals surface area contributed by atoms with E-state index in [-0.39, 0.29) is 12.0 Å². The van der Waals surface area contributed by atoms with Crippen molar-refractivity contribution in [3.8, 4) is 11.5 Å². The molecule has 1 aliphatic carbocycles. The van der Waals surface area contributed by atoms with Gasteiger partial charge in [-0.15, -0.1) is 0 Å². The van der Waals surface area contributed by atoms with Crippen molar-refractivity contribution in [1.82, 2.24) is 0 Å². The molecule has 3 heteroatoms. The molecule has 2 aromatic carbocycles. The lowest BCUT2D eigenvalue weighted by atomic mass is 9.76. The van der Waals surface area contributed by atoms with Crippen LogP contribution in [0.4, 0.5) is 0 Å². The first-order valence-electron chi connectivity index (χ1n) is 7.30. The van der Waals surface area contributed by atoms with Gasteiger partial charge in [0.2, 0.25) is 0 Å². The molecule has 2 atom stereocenters. The van der Waals surface area contributed by atoms with Gasteiger partial charge in [0.15, 0.2) is 11.5 Å². The molecule has 3 rings (SSSR count). The minimum atomic E-state index is 0.137. The van der Waals surface area contributed by atoms with Crippen LogP contribution in [-0.4, -0.2) is 20.3 Å². The number of ether oxygens (including phenoxy) is 2. The Balaban J connectivity index is 2.13. The van der Waals surface area contributed by atoms with E-state index in [1.54, 1.807) is 14.2 Å². The Kier molecular flexibility index (Phi) is 3.84. The minimum Gasteiger partial charge on any atom is -0.493 e. The molecule has 21 heavy (non-hydrogen) atoms. The summed E-state index contributed by atoms with van der Waals surface area (Å²) in [4.78, 5) is 0. The summed E-state index contributed by atoms with van der Waals surface area (Å²) in [5.74, 6) is 1.78. The number of benzene rings is 2. The molecule has 3 nitrogen and oxygen atoms in total. The summed E-state index contributed by atoms with van der Waals surface area (Å²) in [6, 6.07) is 14.8. The third-order valence-corrected chi connectivity index (χ3v) is 4.31. The summed E-state index contributed by atoms with van der Waals surface area (Å²) in [5, 5.41) is 0. The third kappa shape index (κ3) is 2.49. The number of hydrogen-bond donors (Lipinski definition) is 1. The standard InChI is InChI=1S/C18H21NO2/c1-20-16-10-13-8-9-15(19)18(12-6-4-3-5-7-12)14(13)11-17(16)21-2/h3-7,10-11,15,18H,8-9,19H2,1-2H3/t15-,18-/m1/s1. The van der Waals surface area contributed by atoms with Crippen LogP contribution in [0.3, 0.4) is 0 Å². The zero-order valence-electron chi connectivity index (χ0n) is 12.5. The Morgan fingerprint density at radius 3 is 2.33 bits per heavy atom. The van der Waals surface area contributed by atoms with Crippen molar-refractivity contribution in [2.45, 2.75) is 24.8 Å². The molecule has 2 N–H and O–H groups in total. The normalized spacial score (nSPS) is 20.7. The van der Waals surface area contributed by atoms with Crippen molar-refractivity contribution in [3.05, 3.63) is 59.2 Å². The van der Waals surface area contributed by atoms with E-state index >= 15 is 0 Å². The van der Waals surface area contributed by atoms with E-state index in [0.717, 1.165) is 24.3 Å². The Bertz CT molecular complexity index is 625. The van der Waals surface area contributed by atoms with Crippen molar-refractivity contribution in [2.75, 3.05) is 14.2 Å². The fourth-order valence-corrected chi connectivity index (χ4v) is 3.25. The fourth-order valence-electron chi connectivity index (χ4n) is 3.25. The monoisotopic (exact) mass is 283 g/mol. The van der Waals surface area contributed by atoms with Crippen LogP contribution in [0.2, 0.25) is 0 Å². The van der Waals surface area contributed by atoms with E-state index in [0.29, 0.717) is 0 Å². The van der Waals surface area contributed by atoms with E-state index in [1.165, 1.54) is 16.7 Å². The average Bonchev–Trinajstić information content (AvgIpc) is 2.54. The molecule has 0 saturated heterocycles. The summed E-state index contributed by atoms with van der Waals surface area (Å²) in [6.07, 6.45) is 1.97. The third-order valence-electron chi connectivity index (χ3n) is 4.31. The topological polar surface area (TPSA) is 44.5 Å². The summed E-state index contributed by atoms with van der Waals surface area (Å²) < 4.78 is 10.9. The zero-order valence-corrected chi connectivity index (χ0v) is 12.5. The number of methoxy groups -OCH3 is 2.